The predicted molar refractivity (Wildman–Crippen MR) is 83.0 cm³/mol. The van der Waals surface area contributed by atoms with Crippen LogP contribution >= 0.6 is 0 Å². The zero-order valence-corrected chi connectivity index (χ0v) is 12.8. The fourth-order valence-corrected chi connectivity index (χ4v) is 2.46. The first-order chi connectivity index (χ1) is 9.58. The Balaban J connectivity index is 2.46. The average Bonchev–Trinajstić information content (AvgIpc) is 2.46. The average molecular weight is 278 g/mol. The van der Waals surface area contributed by atoms with E-state index >= 15 is 0 Å². The van der Waals surface area contributed by atoms with Crippen LogP contribution in [0.5, 0.6) is 0 Å². The van der Waals surface area contributed by atoms with Crippen LogP contribution in [0, 0.1) is 16.0 Å². The molecule has 0 aromatic heterocycles. The minimum atomic E-state index is -0.353. The second-order valence-corrected chi connectivity index (χ2v) is 5.41. The van der Waals surface area contributed by atoms with Gasteiger partial charge in [0.1, 0.15) is 0 Å². The minimum absolute atomic E-state index is 0.165. The summed E-state index contributed by atoms with van der Waals surface area (Å²) in [4.78, 5) is 10.3. The number of aryl methyl sites for hydroxylation is 1. The third-order valence-electron chi connectivity index (χ3n) is 3.82. The Morgan fingerprint density at radius 2 is 1.90 bits per heavy atom. The molecule has 4 nitrogen and oxygen atoms in total. The Bertz CT molecular complexity index is 403. The maximum Gasteiger partial charge on any atom is 0.269 e. The predicted octanol–water partition coefficient (Wildman–Crippen LogP) is 3.94. The van der Waals surface area contributed by atoms with Gasteiger partial charge in [-0.1, -0.05) is 32.9 Å². The molecule has 4 heteroatoms. The molecule has 112 valence electrons. The largest absolute Gasteiger partial charge is 0.314 e. The summed E-state index contributed by atoms with van der Waals surface area (Å²) in [6.07, 6.45) is 4.38. The van der Waals surface area contributed by atoms with Crippen LogP contribution in [0.1, 0.15) is 45.6 Å². The number of benzene rings is 1. The molecule has 0 aliphatic carbocycles. The number of nitro benzene ring substituents is 1. The molecule has 1 aromatic carbocycles. The van der Waals surface area contributed by atoms with Crippen molar-refractivity contribution in [2.24, 2.45) is 5.92 Å². The molecule has 20 heavy (non-hydrogen) atoms. The highest BCUT2D eigenvalue weighted by atomic mass is 16.6. The molecule has 0 bridgehead atoms. The number of rotatable bonds is 9. The Labute approximate surface area is 121 Å². The van der Waals surface area contributed by atoms with Gasteiger partial charge in [0.05, 0.1) is 4.92 Å². The number of nitro groups is 1. The number of nitrogens with one attached hydrogen (secondary N) is 1. The number of hydrogen-bond acceptors (Lipinski definition) is 3. The second kappa shape index (κ2) is 8.69. The molecule has 2 atom stereocenters. The molecular weight excluding hydrogens is 252 g/mol. The van der Waals surface area contributed by atoms with E-state index in [0.29, 0.717) is 12.0 Å². The maximum atomic E-state index is 10.6. The first-order valence-electron chi connectivity index (χ1n) is 7.55. The zero-order chi connectivity index (χ0) is 15.0. The van der Waals surface area contributed by atoms with Gasteiger partial charge >= 0.3 is 0 Å². The van der Waals surface area contributed by atoms with Gasteiger partial charge in [-0.3, -0.25) is 10.1 Å². The molecule has 0 heterocycles. The zero-order valence-electron chi connectivity index (χ0n) is 12.8. The van der Waals surface area contributed by atoms with Gasteiger partial charge in [-0.05, 0) is 43.7 Å². The van der Waals surface area contributed by atoms with Crippen molar-refractivity contribution in [1.82, 2.24) is 5.32 Å². The Morgan fingerprint density at radius 3 is 2.40 bits per heavy atom. The van der Waals surface area contributed by atoms with Crippen molar-refractivity contribution < 1.29 is 4.92 Å². The van der Waals surface area contributed by atoms with Gasteiger partial charge in [0.25, 0.3) is 5.69 Å². The van der Waals surface area contributed by atoms with Gasteiger partial charge in [-0.2, -0.15) is 0 Å². The lowest BCUT2D eigenvalue weighted by atomic mass is 9.92. The van der Waals surface area contributed by atoms with Crippen LogP contribution in [-0.2, 0) is 6.42 Å². The Hall–Kier alpha value is -1.42. The lowest BCUT2D eigenvalue weighted by molar-refractivity contribution is -0.384. The standard InChI is InChI=1S/C16H26N2O2/c1-4-12-17-16(5-2)13(3)6-7-14-8-10-15(11-9-14)18(19)20/h8-11,13,16-17H,4-7,12H2,1-3H3. The van der Waals surface area contributed by atoms with Gasteiger partial charge in [-0.25, -0.2) is 0 Å². The summed E-state index contributed by atoms with van der Waals surface area (Å²) in [7, 11) is 0. The van der Waals surface area contributed by atoms with Crippen molar-refractivity contribution in [1.29, 1.82) is 0 Å². The van der Waals surface area contributed by atoms with Crippen LogP contribution in [0.4, 0.5) is 5.69 Å². The van der Waals surface area contributed by atoms with E-state index in [9.17, 15) is 10.1 Å². The van der Waals surface area contributed by atoms with E-state index in [1.807, 2.05) is 12.1 Å². The van der Waals surface area contributed by atoms with Crippen LogP contribution in [0.2, 0.25) is 0 Å². The summed E-state index contributed by atoms with van der Waals surface area (Å²) in [5.74, 6) is 0.613. The normalized spacial score (nSPS) is 13.9. The van der Waals surface area contributed by atoms with E-state index in [1.165, 1.54) is 5.56 Å². The van der Waals surface area contributed by atoms with Gasteiger partial charge in [-0.15, -0.1) is 0 Å². The molecule has 0 saturated heterocycles. The van der Waals surface area contributed by atoms with Crippen molar-refractivity contribution in [2.45, 2.75) is 52.5 Å². The third kappa shape index (κ3) is 5.29. The first kappa shape index (κ1) is 16.6. The van der Waals surface area contributed by atoms with Crippen LogP contribution in [0.15, 0.2) is 24.3 Å². The summed E-state index contributed by atoms with van der Waals surface area (Å²) >= 11 is 0. The summed E-state index contributed by atoms with van der Waals surface area (Å²) in [5, 5.41) is 14.2. The topological polar surface area (TPSA) is 55.2 Å². The van der Waals surface area contributed by atoms with Crippen LogP contribution in [0.25, 0.3) is 0 Å². The molecule has 1 N–H and O–H groups in total. The number of non-ortho nitro benzene ring substituents is 1. The van der Waals surface area contributed by atoms with Crippen LogP contribution in [0.3, 0.4) is 0 Å². The SMILES string of the molecule is CCCNC(CC)C(C)CCc1ccc([N+](=O)[O-])cc1. The molecule has 1 aromatic rings. The molecule has 0 radical (unpaired) electrons. The van der Waals surface area contributed by atoms with Crippen LogP contribution < -0.4 is 5.32 Å². The Kier molecular flexibility index (Phi) is 7.23. The van der Waals surface area contributed by atoms with E-state index < -0.39 is 0 Å². The molecule has 1 rings (SSSR count). The highest BCUT2D eigenvalue weighted by Gasteiger charge is 2.14. The monoisotopic (exact) mass is 278 g/mol. The van der Waals surface area contributed by atoms with Gasteiger partial charge < -0.3 is 5.32 Å². The summed E-state index contributed by atoms with van der Waals surface area (Å²) < 4.78 is 0. The number of nitrogens with zero attached hydrogens (tertiary/aromatic N) is 1. The fraction of sp³-hybridized carbons (Fsp3) is 0.625. The summed E-state index contributed by atoms with van der Waals surface area (Å²) in [5.41, 5.74) is 1.34. The second-order valence-electron chi connectivity index (χ2n) is 5.41. The van der Waals surface area contributed by atoms with Crippen molar-refractivity contribution in [3.63, 3.8) is 0 Å². The molecule has 0 saturated carbocycles. The van der Waals surface area contributed by atoms with Crippen molar-refractivity contribution >= 4 is 5.69 Å². The molecular formula is C16H26N2O2. The highest BCUT2D eigenvalue weighted by Crippen LogP contribution is 2.17. The third-order valence-corrected chi connectivity index (χ3v) is 3.82. The van der Waals surface area contributed by atoms with Crippen molar-refractivity contribution in [3.05, 3.63) is 39.9 Å². The smallest absolute Gasteiger partial charge is 0.269 e. The lowest BCUT2D eigenvalue weighted by Crippen LogP contribution is -2.35. The summed E-state index contributed by atoms with van der Waals surface area (Å²) in [6, 6.07) is 7.48. The van der Waals surface area contributed by atoms with E-state index in [0.717, 1.165) is 32.2 Å². The summed E-state index contributed by atoms with van der Waals surface area (Å²) in [6.45, 7) is 7.75. The van der Waals surface area contributed by atoms with Gasteiger partial charge in [0.2, 0.25) is 0 Å². The van der Waals surface area contributed by atoms with Gasteiger partial charge in [0.15, 0.2) is 0 Å². The molecule has 0 spiro atoms. The van der Waals surface area contributed by atoms with E-state index in [-0.39, 0.29) is 10.6 Å². The minimum Gasteiger partial charge on any atom is -0.314 e. The van der Waals surface area contributed by atoms with E-state index in [4.69, 9.17) is 0 Å². The van der Waals surface area contributed by atoms with Gasteiger partial charge in [0, 0.05) is 18.2 Å². The molecule has 2 unspecified atom stereocenters. The molecule has 0 aliphatic heterocycles. The molecule has 0 aliphatic rings. The fourth-order valence-electron chi connectivity index (χ4n) is 2.46. The van der Waals surface area contributed by atoms with Crippen LogP contribution in [-0.4, -0.2) is 17.5 Å². The van der Waals surface area contributed by atoms with E-state index in [1.54, 1.807) is 12.1 Å². The Morgan fingerprint density at radius 1 is 1.25 bits per heavy atom. The maximum absolute atomic E-state index is 10.6. The van der Waals surface area contributed by atoms with E-state index in [2.05, 4.69) is 26.1 Å². The quantitative estimate of drug-likeness (QED) is 0.550. The highest BCUT2D eigenvalue weighted by molar-refractivity contribution is 5.32. The molecule has 0 amide bonds. The number of hydrogen-bond donors (Lipinski definition) is 1. The first-order valence-corrected chi connectivity index (χ1v) is 7.55. The lowest BCUT2D eigenvalue weighted by Gasteiger charge is -2.24. The molecule has 0 fully saturated rings. The van der Waals surface area contributed by atoms with Crippen molar-refractivity contribution in [2.75, 3.05) is 6.54 Å². The van der Waals surface area contributed by atoms with Crippen molar-refractivity contribution in [3.8, 4) is 0 Å².